The van der Waals surface area contributed by atoms with Gasteiger partial charge < -0.3 is 0 Å². The summed E-state index contributed by atoms with van der Waals surface area (Å²) < 4.78 is 26.3. The molecule has 5 heteroatoms. The van der Waals surface area contributed by atoms with Crippen molar-refractivity contribution in [2.24, 2.45) is 0 Å². The maximum atomic E-state index is 11.8. The molecule has 1 unspecified atom stereocenters. The van der Waals surface area contributed by atoms with E-state index in [1.54, 1.807) is 6.92 Å². The Kier molecular flexibility index (Phi) is 6.21. The molecule has 0 amide bonds. The Bertz CT molecular complexity index is 508. The summed E-state index contributed by atoms with van der Waals surface area (Å²) >= 11 is 0. The van der Waals surface area contributed by atoms with Gasteiger partial charge in [-0.2, -0.15) is 0 Å². The number of likely N-dealkylation sites (tertiary alicyclic amines) is 1. The fraction of sp³-hybridized carbons (Fsp3) is 0.625. The van der Waals surface area contributed by atoms with Gasteiger partial charge in [-0.15, -0.1) is 0 Å². The van der Waals surface area contributed by atoms with Crippen LogP contribution < -0.4 is 4.72 Å². The molecule has 1 saturated heterocycles. The predicted molar refractivity (Wildman–Crippen MR) is 86.7 cm³/mol. The van der Waals surface area contributed by atoms with Gasteiger partial charge in [-0.1, -0.05) is 43.2 Å². The summed E-state index contributed by atoms with van der Waals surface area (Å²) in [7, 11) is -3.15. The first-order chi connectivity index (χ1) is 10.1. The van der Waals surface area contributed by atoms with E-state index in [4.69, 9.17) is 0 Å². The molecule has 4 nitrogen and oxygen atoms in total. The van der Waals surface area contributed by atoms with Crippen molar-refractivity contribution in [2.75, 3.05) is 25.4 Å². The second-order valence-electron chi connectivity index (χ2n) is 5.63. The van der Waals surface area contributed by atoms with Crippen molar-refractivity contribution in [3.8, 4) is 0 Å². The largest absolute Gasteiger partial charge is 0.295 e. The molecule has 0 saturated carbocycles. The lowest BCUT2D eigenvalue weighted by Gasteiger charge is -2.31. The third-order valence-corrected chi connectivity index (χ3v) is 5.51. The summed E-state index contributed by atoms with van der Waals surface area (Å²) in [5, 5.41) is 0. The highest BCUT2D eigenvalue weighted by Crippen LogP contribution is 2.23. The molecule has 1 aliphatic rings. The van der Waals surface area contributed by atoms with Gasteiger partial charge in [0.25, 0.3) is 0 Å². The van der Waals surface area contributed by atoms with E-state index < -0.39 is 10.0 Å². The fourth-order valence-corrected chi connectivity index (χ4v) is 3.46. The molecule has 2 rings (SSSR count). The standard InChI is InChI=1S/C16H26N2O2S/c1-2-21(19,20)17-14-16(15-10-6-5-7-11-15)18-12-8-3-4-9-13-18/h5-7,10-11,16-17H,2-4,8-9,12-14H2,1H3. The average Bonchev–Trinajstić information content (AvgIpc) is 2.78. The first-order valence-corrected chi connectivity index (χ1v) is 9.54. The number of nitrogens with one attached hydrogen (secondary N) is 1. The second kappa shape index (κ2) is 7.92. The molecular formula is C16H26N2O2S. The van der Waals surface area contributed by atoms with Gasteiger partial charge in [0.05, 0.1) is 5.75 Å². The van der Waals surface area contributed by atoms with Crippen LogP contribution in [0.2, 0.25) is 0 Å². The van der Waals surface area contributed by atoms with Crippen LogP contribution in [0.4, 0.5) is 0 Å². The van der Waals surface area contributed by atoms with E-state index in [1.165, 1.54) is 31.2 Å². The van der Waals surface area contributed by atoms with E-state index in [9.17, 15) is 8.42 Å². The number of nitrogens with zero attached hydrogens (tertiary/aromatic N) is 1. The summed E-state index contributed by atoms with van der Waals surface area (Å²) in [6.45, 7) is 4.23. The van der Waals surface area contributed by atoms with Gasteiger partial charge >= 0.3 is 0 Å². The minimum absolute atomic E-state index is 0.130. The van der Waals surface area contributed by atoms with E-state index in [0.29, 0.717) is 6.54 Å². The van der Waals surface area contributed by atoms with Gasteiger partial charge in [-0.05, 0) is 38.4 Å². The lowest BCUT2D eigenvalue weighted by molar-refractivity contribution is 0.206. The van der Waals surface area contributed by atoms with Crippen LogP contribution in [0.1, 0.15) is 44.2 Å². The zero-order chi connectivity index (χ0) is 15.1. The molecule has 1 aromatic rings. The van der Waals surface area contributed by atoms with E-state index in [2.05, 4.69) is 21.8 Å². The fourth-order valence-electron chi connectivity index (χ4n) is 2.85. The third-order valence-electron chi connectivity index (χ3n) is 4.14. The molecule has 1 fully saturated rings. The van der Waals surface area contributed by atoms with Gasteiger partial charge in [0, 0.05) is 12.6 Å². The molecular weight excluding hydrogens is 284 g/mol. The molecule has 1 heterocycles. The van der Waals surface area contributed by atoms with E-state index in [0.717, 1.165) is 13.1 Å². The van der Waals surface area contributed by atoms with Crippen molar-refractivity contribution in [2.45, 2.75) is 38.6 Å². The Balaban J connectivity index is 2.13. The number of hydrogen-bond acceptors (Lipinski definition) is 3. The second-order valence-corrected chi connectivity index (χ2v) is 7.72. The zero-order valence-electron chi connectivity index (χ0n) is 12.8. The van der Waals surface area contributed by atoms with Crippen LogP contribution in [0, 0.1) is 0 Å². The van der Waals surface area contributed by atoms with Gasteiger partial charge in [-0.3, -0.25) is 4.90 Å². The highest BCUT2D eigenvalue weighted by atomic mass is 32.2. The molecule has 0 radical (unpaired) electrons. The zero-order valence-corrected chi connectivity index (χ0v) is 13.6. The van der Waals surface area contributed by atoms with Gasteiger partial charge in [0.2, 0.25) is 10.0 Å². The summed E-state index contributed by atoms with van der Waals surface area (Å²) in [4.78, 5) is 2.43. The highest BCUT2D eigenvalue weighted by Gasteiger charge is 2.22. The highest BCUT2D eigenvalue weighted by molar-refractivity contribution is 7.89. The molecule has 0 bridgehead atoms. The lowest BCUT2D eigenvalue weighted by atomic mass is 10.1. The van der Waals surface area contributed by atoms with E-state index in [1.807, 2.05) is 18.2 Å². The van der Waals surface area contributed by atoms with Crippen molar-refractivity contribution in [3.63, 3.8) is 0 Å². The lowest BCUT2D eigenvalue weighted by Crippen LogP contribution is -2.39. The molecule has 0 aromatic heterocycles. The minimum Gasteiger partial charge on any atom is -0.295 e. The van der Waals surface area contributed by atoms with Crippen LogP contribution >= 0.6 is 0 Å². The molecule has 0 aliphatic carbocycles. The number of benzene rings is 1. The van der Waals surface area contributed by atoms with Crippen molar-refractivity contribution in [3.05, 3.63) is 35.9 Å². The van der Waals surface area contributed by atoms with Gasteiger partial charge in [0.15, 0.2) is 0 Å². The summed E-state index contributed by atoms with van der Waals surface area (Å²) in [5.41, 5.74) is 1.19. The van der Waals surface area contributed by atoms with Crippen molar-refractivity contribution < 1.29 is 8.42 Å². The molecule has 1 aromatic carbocycles. The maximum absolute atomic E-state index is 11.8. The summed E-state index contributed by atoms with van der Waals surface area (Å²) in [6, 6.07) is 10.4. The molecule has 21 heavy (non-hydrogen) atoms. The smallest absolute Gasteiger partial charge is 0.211 e. The van der Waals surface area contributed by atoms with Crippen LogP contribution in [-0.2, 0) is 10.0 Å². The molecule has 1 aliphatic heterocycles. The van der Waals surface area contributed by atoms with Crippen molar-refractivity contribution in [1.29, 1.82) is 0 Å². The Hall–Kier alpha value is -0.910. The van der Waals surface area contributed by atoms with Crippen molar-refractivity contribution >= 4 is 10.0 Å². The minimum atomic E-state index is -3.15. The van der Waals surface area contributed by atoms with Crippen LogP contribution in [-0.4, -0.2) is 38.7 Å². The van der Waals surface area contributed by atoms with Crippen LogP contribution in [0.15, 0.2) is 30.3 Å². The summed E-state index contributed by atoms with van der Waals surface area (Å²) in [6.07, 6.45) is 4.95. The maximum Gasteiger partial charge on any atom is 0.211 e. The topological polar surface area (TPSA) is 49.4 Å². The first-order valence-electron chi connectivity index (χ1n) is 7.89. The monoisotopic (exact) mass is 310 g/mol. The molecule has 118 valence electrons. The normalized spacial score (nSPS) is 19.1. The van der Waals surface area contributed by atoms with Gasteiger partial charge in [-0.25, -0.2) is 13.1 Å². The average molecular weight is 310 g/mol. The Labute approximate surface area is 128 Å². The first kappa shape index (κ1) is 16.5. The Morgan fingerprint density at radius 3 is 2.29 bits per heavy atom. The molecule has 1 N–H and O–H groups in total. The number of hydrogen-bond donors (Lipinski definition) is 1. The van der Waals surface area contributed by atoms with Crippen molar-refractivity contribution in [1.82, 2.24) is 9.62 Å². The summed E-state index contributed by atoms with van der Waals surface area (Å²) in [5.74, 6) is 0.133. The van der Waals surface area contributed by atoms with Gasteiger partial charge in [0.1, 0.15) is 0 Å². The quantitative estimate of drug-likeness (QED) is 0.878. The van der Waals surface area contributed by atoms with Crippen LogP contribution in [0.5, 0.6) is 0 Å². The van der Waals surface area contributed by atoms with Crippen LogP contribution in [0.3, 0.4) is 0 Å². The predicted octanol–water partition coefficient (Wildman–Crippen LogP) is 2.54. The molecule has 0 spiro atoms. The molecule has 1 atom stereocenters. The number of sulfonamides is 1. The number of rotatable bonds is 6. The third kappa shape index (κ3) is 5.09. The Morgan fingerprint density at radius 2 is 1.71 bits per heavy atom. The van der Waals surface area contributed by atoms with E-state index >= 15 is 0 Å². The Morgan fingerprint density at radius 1 is 1.10 bits per heavy atom. The van der Waals surface area contributed by atoms with E-state index in [-0.39, 0.29) is 11.8 Å². The SMILES string of the molecule is CCS(=O)(=O)NCC(c1ccccc1)N1CCCCCC1. The van der Waals surface area contributed by atoms with Crippen LogP contribution in [0.25, 0.3) is 0 Å².